The molecule has 68 heavy (non-hydrogen) atoms. The van der Waals surface area contributed by atoms with Gasteiger partial charge in [0.2, 0.25) is 0 Å². The Morgan fingerprint density at radius 3 is 1.12 bits per heavy atom. The molecule has 0 N–H and O–H groups in total. The number of fused-ring (bicyclic) bond motifs is 10. The van der Waals surface area contributed by atoms with Gasteiger partial charge in [0.1, 0.15) is 0 Å². The minimum atomic E-state index is -0.481. The zero-order valence-electron chi connectivity index (χ0n) is 37.4. The average Bonchev–Trinajstić information content (AvgIpc) is 3.90. The molecule has 0 amide bonds. The maximum absolute atomic E-state index is 2.55. The van der Waals surface area contributed by atoms with Crippen molar-refractivity contribution in [1.82, 2.24) is 0 Å². The van der Waals surface area contributed by atoms with Gasteiger partial charge in [-0.1, -0.05) is 249 Å². The van der Waals surface area contributed by atoms with Crippen LogP contribution >= 0.6 is 0 Å². The van der Waals surface area contributed by atoms with Crippen molar-refractivity contribution in [1.29, 1.82) is 0 Å². The molecule has 1 heteroatoms. The van der Waals surface area contributed by atoms with E-state index >= 15 is 0 Å². The van der Waals surface area contributed by atoms with Crippen LogP contribution in [0.4, 0.5) is 17.1 Å². The first-order valence-electron chi connectivity index (χ1n) is 23.6. The van der Waals surface area contributed by atoms with Gasteiger partial charge in [0.05, 0.1) is 16.8 Å². The smallest absolute Gasteiger partial charge is 0.0726 e. The molecule has 0 radical (unpaired) electrons. The molecule has 0 unspecified atom stereocenters. The van der Waals surface area contributed by atoms with Gasteiger partial charge in [-0.25, -0.2) is 0 Å². The highest BCUT2D eigenvalue weighted by atomic mass is 15.1. The summed E-state index contributed by atoms with van der Waals surface area (Å²) in [7, 11) is 0. The highest BCUT2D eigenvalue weighted by Gasteiger charge is 2.52. The second kappa shape index (κ2) is 16.3. The summed E-state index contributed by atoms with van der Waals surface area (Å²) in [6, 6.07) is 101. The summed E-state index contributed by atoms with van der Waals surface area (Å²) in [6.45, 7) is 0. The third kappa shape index (κ3) is 6.17. The van der Waals surface area contributed by atoms with E-state index in [1.807, 2.05) is 0 Å². The summed E-state index contributed by atoms with van der Waals surface area (Å²) in [4.78, 5) is 2.55. The van der Waals surface area contributed by atoms with Gasteiger partial charge in [-0.15, -0.1) is 0 Å². The van der Waals surface area contributed by atoms with Gasteiger partial charge in [0.15, 0.2) is 0 Å². The molecule has 1 spiro atoms. The van der Waals surface area contributed by atoms with E-state index < -0.39 is 5.41 Å². The molecule has 11 aromatic rings. The first kappa shape index (κ1) is 39.6. The predicted octanol–water partition coefficient (Wildman–Crippen LogP) is 17.8. The minimum Gasteiger partial charge on any atom is -0.309 e. The van der Waals surface area contributed by atoms with Crippen LogP contribution in [0.5, 0.6) is 0 Å². The van der Waals surface area contributed by atoms with Crippen molar-refractivity contribution in [3.63, 3.8) is 0 Å². The van der Waals surface area contributed by atoms with Gasteiger partial charge in [0.25, 0.3) is 0 Å². The van der Waals surface area contributed by atoms with Crippen LogP contribution in [0.3, 0.4) is 0 Å². The molecule has 0 bridgehead atoms. The highest BCUT2D eigenvalue weighted by molar-refractivity contribution is 6.05. The molecule has 13 rings (SSSR count). The molecule has 318 valence electrons. The van der Waals surface area contributed by atoms with Crippen molar-refractivity contribution in [2.75, 3.05) is 4.90 Å². The van der Waals surface area contributed by atoms with Crippen molar-refractivity contribution >= 4 is 17.1 Å². The fraction of sp³-hybridized carbons (Fsp3) is 0.0149. The van der Waals surface area contributed by atoms with Crippen LogP contribution in [0, 0.1) is 0 Å². The maximum Gasteiger partial charge on any atom is 0.0726 e. The lowest BCUT2D eigenvalue weighted by Gasteiger charge is -2.33. The number of benzene rings is 11. The van der Waals surface area contributed by atoms with Crippen molar-refractivity contribution in [3.8, 4) is 77.9 Å². The Morgan fingerprint density at radius 1 is 0.206 bits per heavy atom. The summed E-state index contributed by atoms with van der Waals surface area (Å²) in [5, 5.41) is 0. The second-order valence-corrected chi connectivity index (χ2v) is 17.9. The van der Waals surface area contributed by atoms with E-state index in [1.165, 1.54) is 100 Å². The van der Waals surface area contributed by atoms with E-state index in [9.17, 15) is 0 Å². The number of rotatable bonds is 8. The Morgan fingerprint density at radius 2 is 0.559 bits per heavy atom. The van der Waals surface area contributed by atoms with Gasteiger partial charge in [-0.05, 0) is 113 Å². The molecular formula is C67H45N. The molecule has 1 nitrogen and oxygen atoms in total. The third-order valence-electron chi connectivity index (χ3n) is 14.3. The summed E-state index contributed by atoms with van der Waals surface area (Å²) in [5.41, 5.74) is 25.1. The van der Waals surface area contributed by atoms with Gasteiger partial charge in [0, 0.05) is 16.8 Å². The molecule has 2 aliphatic carbocycles. The molecule has 0 aromatic heterocycles. The van der Waals surface area contributed by atoms with Crippen molar-refractivity contribution in [2.45, 2.75) is 5.41 Å². The average molecular weight is 864 g/mol. The topological polar surface area (TPSA) is 3.24 Å². The van der Waals surface area contributed by atoms with Crippen LogP contribution in [0.2, 0.25) is 0 Å². The van der Waals surface area contributed by atoms with Crippen LogP contribution in [-0.4, -0.2) is 0 Å². The monoisotopic (exact) mass is 863 g/mol. The van der Waals surface area contributed by atoms with E-state index in [1.54, 1.807) is 0 Å². The summed E-state index contributed by atoms with van der Waals surface area (Å²) in [6.07, 6.45) is 0. The Balaban J connectivity index is 1.08. The van der Waals surface area contributed by atoms with Crippen LogP contribution in [0.1, 0.15) is 22.3 Å². The highest BCUT2D eigenvalue weighted by Crippen LogP contribution is 2.65. The Bertz CT molecular complexity index is 3600. The van der Waals surface area contributed by atoms with Gasteiger partial charge in [-0.2, -0.15) is 0 Å². The zero-order valence-corrected chi connectivity index (χ0v) is 37.4. The molecule has 0 saturated carbocycles. The predicted molar refractivity (Wildman–Crippen MR) is 285 cm³/mol. The lowest BCUT2D eigenvalue weighted by molar-refractivity contribution is 0.794. The molecule has 11 aromatic carbocycles. The van der Waals surface area contributed by atoms with Gasteiger partial charge < -0.3 is 4.90 Å². The number of hydrogen-bond acceptors (Lipinski definition) is 1. The standard InChI is InChI=1S/C67H45N/c1-4-20-46(21-5-1)47-38-40-48(41-39-47)49-42-44-52(45-43-49)68(63-36-18-31-54(51-24-8-3-9-25-51)65(63)57-29-11-10-26-53(57)50-22-6-2-7-23-50)64-37-19-35-62-66(64)58-30-14-17-34-61(58)67(62)59-32-15-12-27-55(59)56-28-13-16-33-60(56)67/h1-45H. The normalized spacial score (nSPS) is 12.5. The Kier molecular flexibility index (Phi) is 9.47. The van der Waals surface area contributed by atoms with Gasteiger partial charge >= 0.3 is 0 Å². The lowest BCUT2D eigenvalue weighted by Crippen LogP contribution is -2.26. The van der Waals surface area contributed by atoms with E-state index in [4.69, 9.17) is 0 Å². The van der Waals surface area contributed by atoms with Crippen molar-refractivity contribution in [3.05, 3.63) is 295 Å². The quantitative estimate of drug-likeness (QED) is 0.147. The molecule has 2 aliphatic rings. The first-order valence-corrected chi connectivity index (χ1v) is 23.6. The minimum absolute atomic E-state index is 0.481. The Labute approximate surface area is 398 Å². The van der Waals surface area contributed by atoms with E-state index in [0.717, 1.165) is 17.1 Å². The summed E-state index contributed by atoms with van der Waals surface area (Å²) in [5.74, 6) is 0. The fourth-order valence-corrected chi connectivity index (χ4v) is 11.4. The first-order chi connectivity index (χ1) is 33.8. The van der Waals surface area contributed by atoms with E-state index in [-0.39, 0.29) is 0 Å². The summed E-state index contributed by atoms with van der Waals surface area (Å²) >= 11 is 0. The van der Waals surface area contributed by atoms with Crippen LogP contribution in [-0.2, 0) is 5.41 Å². The van der Waals surface area contributed by atoms with Crippen LogP contribution < -0.4 is 4.90 Å². The zero-order chi connectivity index (χ0) is 45.0. The molecule has 0 saturated heterocycles. The van der Waals surface area contributed by atoms with Gasteiger partial charge in [-0.3, -0.25) is 0 Å². The molecular weight excluding hydrogens is 819 g/mol. The second-order valence-electron chi connectivity index (χ2n) is 17.9. The maximum atomic E-state index is 2.55. The summed E-state index contributed by atoms with van der Waals surface area (Å²) < 4.78 is 0. The fourth-order valence-electron chi connectivity index (χ4n) is 11.4. The van der Waals surface area contributed by atoms with Crippen LogP contribution in [0.15, 0.2) is 273 Å². The van der Waals surface area contributed by atoms with E-state index in [2.05, 4.69) is 278 Å². The number of nitrogens with zero attached hydrogens (tertiary/aromatic N) is 1. The Hall–Kier alpha value is -8.78. The molecule has 0 fully saturated rings. The molecule has 0 atom stereocenters. The number of anilines is 3. The molecule has 0 heterocycles. The van der Waals surface area contributed by atoms with E-state index in [0.29, 0.717) is 0 Å². The largest absolute Gasteiger partial charge is 0.309 e. The SMILES string of the molecule is c1ccc(-c2ccc(-c3ccc(N(c4cccc(-c5ccccc5)c4-c4ccccc4-c4ccccc4)c4cccc5c4-c4ccccc4C54c5ccccc5-c5ccccc54)cc3)cc2)cc1. The lowest BCUT2D eigenvalue weighted by atomic mass is 9.70. The number of hydrogen-bond donors (Lipinski definition) is 0. The van der Waals surface area contributed by atoms with Crippen LogP contribution in [0.25, 0.3) is 77.9 Å². The van der Waals surface area contributed by atoms with Crippen molar-refractivity contribution < 1.29 is 0 Å². The third-order valence-corrected chi connectivity index (χ3v) is 14.3. The van der Waals surface area contributed by atoms with Crippen molar-refractivity contribution in [2.24, 2.45) is 0 Å². The molecule has 0 aliphatic heterocycles.